The fourth-order valence-electron chi connectivity index (χ4n) is 3.24. The van der Waals surface area contributed by atoms with Crippen LogP contribution < -0.4 is 20.3 Å². The zero-order valence-corrected chi connectivity index (χ0v) is 16.7. The summed E-state index contributed by atoms with van der Waals surface area (Å²) < 4.78 is 5.16. The maximum atomic E-state index is 12.4. The molecule has 3 rings (SSSR count). The van der Waals surface area contributed by atoms with Crippen LogP contribution in [0.1, 0.15) is 28.9 Å². The minimum absolute atomic E-state index is 0.0159. The van der Waals surface area contributed by atoms with Crippen LogP contribution in [0.3, 0.4) is 0 Å². The molecule has 1 atom stereocenters. The highest BCUT2D eigenvalue weighted by Gasteiger charge is 2.27. The molecule has 3 N–H and O–H groups in total. The summed E-state index contributed by atoms with van der Waals surface area (Å²) >= 11 is 6.17. The number of carbonyl (C=O) groups excluding carboxylic acids is 1. The highest BCUT2D eigenvalue weighted by Crippen LogP contribution is 2.27. The summed E-state index contributed by atoms with van der Waals surface area (Å²) in [6.07, 6.45) is 3.44. The topological polar surface area (TPSA) is 99.6 Å². The van der Waals surface area contributed by atoms with Gasteiger partial charge in [-0.1, -0.05) is 17.7 Å². The minimum atomic E-state index is -0.307. The van der Waals surface area contributed by atoms with Gasteiger partial charge in [-0.05, 0) is 30.5 Å². The number of benzene rings is 1. The number of aliphatic hydroxyl groups is 1. The number of hydrogen-bond donors (Lipinski definition) is 3. The number of nitrogens with one attached hydrogen (secondary N) is 2. The molecule has 2 aromatic rings. The van der Waals surface area contributed by atoms with Gasteiger partial charge in [0.25, 0.3) is 5.91 Å². The largest absolute Gasteiger partial charge is 0.495 e. The highest BCUT2D eigenvalue weighted by atomic mass is 35.5. The molecule has 28 heavy (non-hydrogen) atoms. The normalized spacial score (nSPS) is 16.1. The van der Waals surface area contributed by atoms with E-state index in [-0.39, 0.29) is 24.2 Å². The van der Waals surface area contributed by atoms with Crippen molar-refractivity contribution in [3.8, 4) is 5.75 Å². The molecule has 0 aliphatic carbocycles. The predicted octanol–water partition coefficient (Wildman–Crippen LogP) is 2.07. The van der Waals surface area contributed by atoms with Crippen LogP contribution in [-0.4, -0.2) is 54.3 Å². The number of anilines is 2. The summed E-state index contributed by atoms with van der Waals surface area (Å²) in [5, 5.41) is 15.9. The van der Waals surface area contributed by atoms with Crippen molar-refractivity contribution < 1.29 is 14.6 Å². The Balaban J connectivity index is 1.82. The Kier molecular flexibility index (Phi) is 6.53. The molecule has 1 aromatic heterocycles. The number of methoxy groups -OCH3 is 1. The number of aromatic nitrogens is 2. The minimum Gasteiger partial charge on any atom is -0.495 e. The SMILES string of the molecule is CNC(=O)c1nc(N2CCC[C@H]2CO)ncc1NCc1ccc(OC)c(Cl)c1. The number of amides is 1. The third kappa shape index (κ3) is 4.28. The van der Waals surface area contributed by atoms with Gasteiger partial charge < -0.3 is 25.4 Å². The maximum absolute atomic E-state index is 12.4. The quantitative estimate of drug-likeness (QED) is 0.648. The first-order valence-electron chi connectivity index (χ1n) is 9.10. The van der Waals surface area contributed by atoms with E-state index < -0.39 is 0 Å². The van der Waals surface area contributed by atoms with Crippen molar-refractivity contribution in [1.82, 2.24) is 15.3 Å². The number of ether oxygens (including phenoxy) is 1. The second kappa shape index (κ2) is 9.07. The summed E-state index contributed by atoms with van der Waals surface area (Å²) in [5.41, 5.74) is 1.71. The highest BCUT2D eigenvalue weighted by molar-refractivity contribution is 6.32. The molecule has 0 saturated carbocycles. The fraction of sp³-hybridized carbons (Fsp3) is 0.421. The lowest BCUT2D eigenvalue weighted by atomic mass is 10.2. The third-order valence-corrected chi connectivity index (χ3v) is 5.06. The standard InChI is InChI=1S/C19H24ClN5O3/c1-21-18(27)17-15(22-9-12-5-6-16(28-2)14(20)8-12)10-23-19(24-17)25-7-3-4-13(25)11-26/h5-6,8,10,13,22,26H,3-4,7,9,11H2,1-2H3,(H,21,27)/t13-/m0/s1. The molecule has 9 heteroatoms. The monoisotopic (exact) mass is 405 g/mol. The van der Waals surface area contributed by atoms with Crippen LogP contribution in [0.25, 0.3) is 0 Å². The van der Waals surface area contributed by atoms with Gasteiger partial charge in [-0.3, -0.25) is 4.79 Å². The third-order valence-electron chi connectivity index (χ3n) is 4.76. The molecule has 150 valence electrons. The van der Waals surface area contributed by atoms with Crippen LogP contribution in [0.2, 0.25) is 5.02 Å². The van der Waals surface area contributed by atoms with Crippen LogP contribution in [0.15, 0.2) is 24.4 Å². The Hall–Kier alpha value is -2.58. The summed E-state index contributed by atoms with van der Waals surface area (Å²) in [7, 11) is 3.12. The number of hydrogen-bond acceptors (Lipinski definition) is 7. The van der Waals surface area contributed by atoms with Gasteiger partial charge in [0.05, 0.1) is 36.7 Å². The van der Waals surface area contributed by atoms with Crippen molar-refractivity contribution in [1.29, 1.82) is 0 Å². The van der Waals surface area contributed by atoms with Crippen LogP contribution in [-0.2, 0) is 6.54 Å². The van der Waals surface area contributed by atoms with Crippen molar-refractivity contribution in [3.63, 3.8) is 0 Å². The van der Waals surface area contributed by atoms with Crippen LogP contribution in [0, 0.1) is 0 Å². The molecule has 0 unspecified atom stereocenters. The lowest BCUT2D eigenvalue weighted by Crippen LogP contribution is -2.34. The Morgan fingerprint density at radius 2 is 2.29 bits per heavy atom. The van der Waals surface area contributed by atoms with E-state index in [0.717, 1.165) is 24.9 Å². The second-order valence-corrected chi connectivity index (χ2v) is 6.91. The molecule has 0 bridgehead atoms. The van der Waals surface area contributed by atoms with Crippen molar-refractivity contribution in [2.45, 2.75) is 25.4 Å². The van der Waals surface area contributed by atoms with Gasteiger partial charge in [0.1, 0.15) is 5.75 Å². The molecular formula is C19H24ClN5O3. The molecule has 0 radical (unpaired) electrons. The Bertz CT molecular complexity index is 848. The molecule has 1 aromatic carbocycles. The van der Waals surface area contributed by atoms with Crippen LogP contribution in [0.5, 0.6) is 5.75 Å². The van der Waals surface area contributed by atoms with Crippen molar-refractivity contribution in [3.05, 3.63) is 40.7 Å². The first-order valence-corrected chi connectivity index (χ1v) is 9.48. The number of rotatable bonds is 7. The lowest BCUT2D eigenvalue weighted by molar-refractivity contribution is 0.0959. The zero-order chi connectivity index (χ0) is 20.1. The average Bonchev–Trinajstić information content (AvgIpc) is 3.20. The van der Waals surface area contributed by atoms with Crippen molar-refractivity contribution in [2.75, 3.05) is 37.5 Å². The average molecular weight is 406 g/mol. The molecular weight excluding hydrogens is 382 g/mol. The number of aliphatic hydroxyl groups excluding tert-OH is 1. The summed E-state index contributed by atoms with van der Waals surface area (Å²) in [5.74, 6) is 0.750. The number of halogens is 1. The van der Waals surface area contributed by atoms with Gasteiger partial charge >= 0.3 is 0 Å². The molecule has 8 nitrogen and oxygen atoms in total. The van der Waals surface area contributed by atoms with Crippen molar-refractivity contribution in [2.24, 2.45) is 0 Å². The van der Waals surface area contributed by atoms with Crippen LogP contribution >= 0.6 is 11.6 Å². The van der Waals surface area contributed by atoms with E-state index in [1.54, 1.807) is 32.5 Å². The van der Waals surface area contributed by atoms with Gasteiger partial charge in [0, 0.05) is 20.1 Å². The van der Waals surface area contributed by atoms with Gasteiger partial charge in [-0.15, -0.1) is 0 Å². The van der Waals surface area contributed by atoms with Crippen LogP contribution in [0.4, 0.5) is 11.6 Å². The van der Waals surface area contributed by atoms with Gasteiger partial charge in [-0.25, -0.2) is 9.97 Å². The van der Waals surface area contributed by atoms with E-state index in [0.29, 0.717) is 29.0 Å². The van der Waals surface area contributed by atoms with E-state index in [1.807, 2.05) is 11.0 Å². The lowest BCUT2D eigenvalue weighted by Gasteiger charge is -2.23. The number of carbonyl (C=O) groups is 1. The maximum Gasteiger partial charge on any atom is 0.271 e. The molecule has 1 fully saturated rings. The molecule has 0 spiro atoms. The summed E-state index contributed by atoms with van der Waals surface area (Å²) in [6.45, 7) is 1.24. The second-order valence-electron chi connectivity index (χ2n) is 6.51. The van der Waals surface area contributed by atoms with E-state index in [4.69, 9.17) is 16.3 Å². The van der Waals surface area contributed by atoms with E-state index in [9.17, 15) is 9.90 Å². The number of nitrogens with zero attached hydrogens (tertiary/aromatic N) is 3. The first kappa shape index (κ1) is 20.2. The molecule has 1 aliphatic heterocycles. The molecule has 2 heterocycles. The zero-order valence-electron chi connectivity index (χ0n) is 15.9. The fourth-order valence-corrected chi connectivity index (χ4v) is 3.52. The van der Waals surface area contributed by atoms with Gasteiger partial charge in [-0.2, -0.15) is 0 Å². The van der Waals surface area contributed by atoms with Crippen molar-refractivity contribution >= 4 is 29.1 Å². The first-order chi connectivity index (χ1) is 13.6. The molecule has 1 aliphatic rings. The van der Waals surface area contributed by atoms with E-state index in [2.05, 4.69) is 20.6 Å². The smallest absolute Gasteiger partial charge is 0.271 e. The Morgan fingerprint density at radius 1 is 1.46 bits per heavy atom. The van der Waals surface area contributed by atoms with Gasteiger partial charge in [0.2, 0.25) is 5.95 Å². The Labute approximate surface area is 168 Å². The molecule has 1 saturated heterocycles. The Morgan fingerprint density at radius 3 is 2.96 bits per heavy atom. The van der Waals surface area contributed by atoms with Gasteiger partial charge in [0.15, 0.2) is 5.69 Å². The van der Waals surface area contributed by atoms with E-state index in [1.165, 1.54) is 0 Å². The predicted molar refractivity (Wildman–Crippen MR) is 108 cm³/mol. The summed E-state index contributed by atoms with van der Waals surface area (Å²) in [4.78, 5) is 23.2. The van der Waals surface area contributed by atoms with E-state index >= 15 is 0 Å². The summed E-state index contributed by atoms with van der Waals surface area (Å²) in [6, 6.07) is 5.47. The molecule has 1 amide bonds.